The number of amides is 2. The highest BCUT2D eigenvalue weighted by atomic mass is 35.5. The summed E-state index contributed by atoms with van der Waals surface area (Å²) in [5, 5.41) is 7.62. The number of nitrogens with zero attached hydrogens (tertiary/aromatic N) is 1. The molecule has 2 amide bonds. The Morgan fingerprint density at radius 1 is 0.882 bits per heavy atom. The van der Waals surface area contributed by atoms with Gasteiger partial charge in [0.05, 0.1) is 0 Å². The lowest BCUT2D eigenvalue weighted by Crippen LogP contribution is -2.49. The Kier molecular flexibility index (Phi) is 8.05. The van der Waals surface area contributed by atoms with E-state index in [0.717, 1.165) is 48.6 Å². The van der Waals surface area contributed by atoms with E-state index in [1.54, 1.807) is 18.2 Å². The van der Waals surface area contributed by atoms with Crippen molar-refractivity contribution in [3.63, 3.8) is 0 Å². The molecule has 1 fully saturated rings. The predicted molar refractivity (Wildman–Crippen MR) is 143 cm³/mol. The van der Waals surface area contributed by atoms with Crippen LogP contribution in [-0.2, 0) is 5.41 Å². The van der Waals surface area contributed by atoms with Gasteiger partial charge in [-0.25, -0.2) is 4.79 Å². The predicted octanol–water partition coefficient (Wildman–Crippen LogP) is 7.49. The largest absolute Gasteiger partial charge is 0.337 e. The van der Waals surface area contributed by atoms with Gasteiger partial charge >= 0.3 is 6.03 Å². The summed E-state index contributed by atoms with van der Waals surface area (Å²) in [7, 11) is 0. The van der Waals surface area contributed by atoms with Crippen molar-refractivity contribution >= 4 is 46.5 Å². The van der Waals surface area contributed by atoms with Gasteiger partial charge in [0.15, 0.2) is 0 Å². The number of carbonyl (C=O) groups excluding carboxylic acids is 1. The van der Waals surface area contributed by atoms with Gasteiger partial charge in [0.25, 0.3) is 0 Å². The van der Waals surface area contributed by atoms with Crippen LogP contribution in [0.5, 0.6) is 0 Å². The first kappa shape index (κ1) is 24.9. The summed E-state index contributed by atoms with van der Waals surface area (Å²) >= 11 is 18.3. The van der Waals surface area contributed by atoms with E-state index in [1.807, 2.05) is 18.2 Å². The van der Waals surface area contributed by atoms with E-state index in [4.69, 9.17) is 34.8 Å². The first-order chi connectivity index (χ1) is 16.4. The van der Waals surface area contributed by atoms with Crippen LogP contribution in [0.1, 0.15) is 25.3 Å². The lowest BCUT2D eigenvalue weighted by molar-refractivity contribution is 0.163. The Bertz CT molecular complexity index is 1120. The molecule has 3 aromatic rings. The highest BCUT2D eigenvalue weighted by Crippen LogP contribution is 2.36. The van der Waals surface area contributed by atoms with Crippen LogP contribution in [-0.4, -0.2) is 37.1 Å². The maximum Gasteiger partial charge on any atom is 0.319 e. The number of likely N-dealkylation sites (tertiary alicyclic amines) is 1. The number of hydrogen-bond acceptors (Lipinski definition) is 2. The van der Waals surface area contributed by atoms with Gasteiger partial charge in [-0.3, -0.25) is 0 Å². The Hall–Kier alpha value is -2.24. The minimum Gasteiger partial charge on any atom is -0.337 e. The normalized spacial score (nSPS) is 15.6. The van der Waals surface area contributed by atoms with Crippen molar-refractivity contribution in [3.8, 4) is 11.1 Å². The van der Waals surface area contributed by atoms with Gasteiger partial charge in [-0.05, 0) is 79.5 Å². The van der Waals surface area contributed by atoms with Gasteiger partial charge in [0, 0.05) is 32.7 Å². The lowest BCUT2D eigenvalue weighted by Gasteiger charge is -2.42. The number of carbonyl (C=O) groups is 1. The smallest absolute Gasteiger partial charge is 0.319 e. The zero-order valence-electron chi connectivity index (χ0n) is 19.1. The fraction of sp³-hybridized carbons (Fsp3) is 0.296. The minimum atomic E-state index is -0.272. The van der Waals surface area contributed by atoms with Gasteiger partial charge in [0.2, 0.25) is 0 Å². The van der Waals surface area contributed by atoms with Gasteiger partial charge < -0.3 is 15.5 Å². The lowest BCUT2D eigenvalue weighted by atomic mass is 9.72. The van der Waals surface area contributed by atoms with E-state index >= 15 is 0 Å². The van der Waals surface area contributed by atoms with Crippen LogP contribution in [0.3, 0.4) is 0 Å². The molecule has 0 saturated carbocycles. The van der Waals surface area contributed by atoms with Crippen molar-refractivity contribution in [1.29, 1.82) is 0 Å². The highest BCUT2D eigenvalue weighted by Gasteiger charge is 2.36. The highest BCUT2D eigenvalue weighted by molar-refractivity contribution is 6.35. The molecule has 0 bridgehead atoms. The molecular weight excluding hydrogens is 489 g/mol. The molecule has 7 heteroatoms. The summed E-state index contributed by atoms with van der Waals surface area (Å²) in [6, 6.07) is 21.3. The molecule has 0 aliphatic carbocycles. The molecule has 3 aromatic carbocycles. The Morgan fingerprint density at radius 3 is 2.18 bits per heavy atom. The molecule has 4 nitrogen and oxygen atoms in total. The van der Waals surface area contributed by atoms with Gasteiger partial charge in [-0.1, -0.05) is 78.1 Å². The maximum absolute atomic E-state index is 12.7. The SMILES string of the molecule is CCN1CCC(CNC(=O)Nc2cc(Cl)cc(Cl)c2)(c2ccc(-c3cccc(Cl)c3)cc2)CC1. The molecule has 34 heavy (non-hydrogen) atoms. The standard InChI is InChI=1S/C27H28Cl3N3O/c1-2-33-12-10-27(11-13-33,18-31-26(34)32-25-16-23(29)15-24(30)17-25)21-8-6-19(7-9-21)20-4-3-5-22(28)14-20/h3-9,14-17H,2,10-13,18H2,1H3,(H2,31,32,34). The van der Waals surface area contributed by atoms with Crippen LogP contribution in [0.25, 0.3) is 11.1 Å². The molecule has 1 heterocycles. The number of rotatable bonds is 6. The summed E-state index contributed by atoms with van der Waals surface area (Å²) in [5.41, 5.74) is 3.88. The molecule has 2 N–H and O–H groups in total. The number of hydrogen-bond donors (Lipinski definition) is 2. The van der Waals surface area contributed by atoms with Crippen LogP contribution >= 0.6 is 34.8 Å². The number of piperidine rings is 1. The third-order valence-electron chi connectivity index (χ3n) is 6.62. The van der Waals surface area contributed by atoms with Crippen molar-refractivity contribution in [1.82, 2.24) is 10.2 Å². The molecular formula is C27H28Cl3N3O. The molecule has 0 spiro atoms. The monoisotopic (exact) mass is 515 g/mol. The van der Waals surface area contributed by atoms with Gasteiger partial charge in [-0.2, -0.15) is 0 Å². The number of halogens is 3. The van der Waals surface area contributed by atoms with Crippen molar-refractivity contribution in [2.24, 2.45) is 0 Å². The molecule has 0 atom stereocenters. The molecule has 1 aliphatic heterocycles. The first-order valence-electron chi connectivity index (χ1n) is 11.5. The third kappa shape index (κ3) is 6.05. The second kappa shape index (κ2) is 11.0. The summed E-state index contributed by atoms with van der Waals surface area (Å²) in [5.74, 6) is 0. The number of benzene rings is 3. The van der Waals surface area contributed by atoms with Gasteiger partial charge in [-0.15, -0.1) is 0 Å². The topological polar surface area (TPSA) is 44.4 Å². The minimum absolute atomic E-state index is 0.137. The fourth-order valence-corrected chi connectivity index (χ4v) is 5.32. The van der Waals surface area contributed by atoms with Crippen LogP contribution < -0.4 is 10.6 Å². The zero-order valence-corrected chi connectivity index (χ0v) is 21.4. The molecule has 1 saturated heterocycles. The van der Waals surface area contributed by atoms with Crippen molar-refractivity contribution in [2.45, 2.75) is 25.2 Å². The van der Waals surface area contributed by atoms with E-state index in [9.17, 15) is 4.79 Å². The van der Waals surface area contributed by atoms with Crippen molar-refractivity contribution < 1.29 is 4.79 Å². The Morgan fingerprint density at radius 2 is 1.56 bits per heavy atom. The van der Waals surface area contributed by atoms with E-state index in [1.165, 1.54) is 5.56 Å². The number of anilines is 1. The van der Waals surface area contributed by atoms with Crippen LogP contribution in [0, 0.1) is 0 Å². The quantitative estimate of drug-likeness (QED) is 0.356. The number of urea groups is 1. The van der Waals surface area contributed by atoms with Crippen LogP contribution in [0.15, 0.2) is 66.7 Å². The van der Waals surface area contributed by atoms with E-state index in [2.05, 4.69) is 52.8 Å². The average Bonchev–Trinajstić information content (AvgIpc) is 2.82. The molecule has 178 valence electrons. The molecule has 4 rings (SSSR count). The van der Waals surface area contributed by atoms with Crippen LogP contribution in [0.2, 0.25) is 15.1 Å². The van der Waals surface area contributed by atoms with E-state index in [0.29, 0.717) is 22.3 Å². The van der Waals surface area contributed by atoms with Crippen LogP contribution in [0.4, 0.5) is 10.5 Å². The molecule has 1 aliphatic rings. The summed E-state index contributed by atoms with van der Waals surface area (Å²) in [6.07, 6.45) is 1.95. The van der Waals surface area contributed by atoms with Crippen molar-refractivity contribution in [2.75, 3.05) is 31.5 Å². The molecule has 0 aromatic heterocycles. The fourth-order valence-electron chi connectivity index (χ4n) is 4.60. The summed E-state index contributed by atoms with van der Waals surface area (Å²) in [6.45, 7) is 5.77. The van der Waals surface area contributed by atoms with Crippen molar-refractivity contribution in [3.05, 3.63) is 87.4 Å². The summed E-state index contributed by atoms with van der Waals surface area (Å²) in [4.78, 5) is 15.2. The second-order valence-corrected chi connectivity index (χ2v) is 10.1. The zero-order chi connectivity index (χ0) is 24.1. The van der Waals surface area contributed by atoms with E-state index < -0.39 is 0 Å². The summed E-state index contributed by atoms with van der Waals surface area (Å²) < 4.78 is 0. The first-order valence-corrected chi connectivity index (χ1v) is 12.6. The van der Waals surface area contributed by atoms with Gasteiger partial charge in [0.1, 0.15) is 0 Å². The Labute approximate surface area is 216 Å². The average molecular weight is 517 g/mol. The second-order valence-electron chi connectivity index (χ2n) is 8.77. The third-order valence-corrected chi connectivity index (χ3v) is 7.29. The van der Waals surface area contributed by atoms with E-state index in [-0.39, 0.29) is 11.4 Å². The molecule has 0 unspecified atom stereocenters. The number of nitrogens with one attached hydrogen (secondary N) is 2. The molecule has 0 radical (unpaired) electrons. The maximum atomic E-state index is 12.7. The Balaban J connectivity index is 1.51.